The number of anilines is 2. The van der Waals surface area contributed by atoms with Gasteiger partial charge >= 0.3 is 0 Å². The predicted molar refractivity (Wildman–Crippen MR) is 160 cm³/mol. The van der Waals surface area contributed by atoms with E-state index in [0.717, 1.165) is 24.5 Å². The van der Waals surface area contributed by atoms with Crippen molar-refractivity contribution in [1.82, 2.24) is 4.90 Å². The molecule has 0 saturated carbocycles. The zero-order chi connectivity index (χ0) is 29.1. The van der Waals surface area contributed by atoms with Gasteiger partial charge < -0.3 is 19.3 Å². The van der Waals surface area contributed by atoms with E-state index in [0.29, 0.717) is 41.2 Å². The number of carbonyl (C=O) groups is 2. The van der Waals surface area contributed by atoms with E-state index in [9.17, 15) is 14.0 Å². The second-order valence-corrected chi connectivity index (χ2v) is 10.2. The van der Waals surface area contributed by atoms with Gasteiger partial charge in [0, 0.05) is 49.1 Å². The van der Waals surface area contributed by atoms with Crippen LogP contribution in [0.5, 0.6) is 11.5 Å². The molecule has 0 atom stereocenters. The average molecular weight is 564 g/mol. The number of halogens is 1. The SMILES string of the molecule is COc1cccc(N2CCN(C(=O)c3ccc(/C=C4\Oc5ccccc5N(Cc5ccccc5F)C4=O)cc3)CC2)c1. The normalized spacial score (nSPS) is 15.8. The van der Waals surface area contributed by atoms with Crippen LogP contribution in [-0.2, 0) is 11.3 Å². The zero-order valence-corrected chi connectivity index (χ0v) is 23.2. The molecular formula is C34H30FN3O4. The van der Waals surface area contributed by atoms with Gasteiger partial charge in [-0.15, -0.1) is 0 Å². The summed E-state index contributed by atoms with van der Waals surface area (Å²) in [6, 6.07) is 28.7. The molecule has 6 rings (SSSR count). The molecule has 2 aliphatic rings. The summed E-state index contributed by atoms with van der Waals surface area (Å²) < 4.78 is 25.7. The van der Waals surface area contributed by atoms with Crippen molar-refractivity contribution in [3.8, 4) is 11.5 Å². The number of hydrogen-bond donors (Lipinski definition) is 0. The average Bonchev–Trinajstić information content (AvgIpc) is 3.04. The lowest BCUT2D eigenvalue weighted by Gasteiger charge is -2.36. The molecule has 212 valence electrons. The lowest BCUT2D eigenvalue weighted by Crippen LogP contribution is -2.48. The van der Waals surface area contributed by atoms with Gasteiger partial charge in [-0.05, 0) is 54.1 Å². The first-order valence-electron chi connectivity index (χ1n) is 13.8. The summed E-state index contributed by atoms with van der Waals surface area (Å²) in [7, 11) is 1.65. The molecule has 1 saturated heterocycles. The van der Waals surface area contributed by atoms with E-state index in [-0.39, 0.29) is 29.9 Å². The molecule has 0 N–H and O–H groups in total. The Hall–Kier alpha value is -5.11. The third-order valence-corrected chi connectivity index (χ3v) is 7.56. The highest BCUT2D eigenvalue weighted by Gasteiger charge is 2.31. The largest absolute Gasteiger partial charge is 0.497 e. The molecule has 0 bridgehead atoms. The highest BCUT2D eigenvalue weighted by molar-refractivity contribution is 6.09. The van der Waals surface area contributed by atoms with Crippen LogP contribution in [0.4, 0.5) is 15.8 Å². The van der Waals surface area contributed by atoms with Crippen molar-refractivity contribution in [1.29, 1.82) is 0 Å². The van der Waals surface area contributed by atoms with E-state index < -0.39 is 0 Å². The van der Waals surface area contributed by atoms with Gasteiger partial charge in [-0.1, -0.05) is 48.5 Å². The monoisotopic (exact) mass is 563 g/mol. The van der Waals surface area contributed by atoms with E-state index in [1.807, 2.05) is 41.3 Å². The van der Waals surface area contributed by atoms with Crippen LogP contribution in [0.3, 0.4) is 0 Å². The molecule has 0 unspecified atom stereocenters. The predicted octanol–water partition coefficient (Wildman–Crippen LogP) is 5.76. The van der Waals surface area contributed by atoms with Crippen molar-refractivity contribution in [2.75, 3.05) is 43.1 Å². The maximum Gasteiger partial charge on any atom is 0.294 e. The number of fused-ring (bicyclic) bond motifs is 1. The molecule has 8 heteroatoms. The fourth-order valence-corrected chi connectivity index (χ4v) is 5.25. The summed E-state index contributed by atoms with van der Waals surface area (Å²) in [5.74, 6) is 0.669. The smallest absolute Gasteiger partial charge is 0.294 e. The van der Waals surface area contributed by atoms with Crippen molar-refractivity contribution in [3.63, 3.8) is 0 Å². The molecule has 7 nitrogen and oxygen atoms in total. The summed E-state index contributed by atoms with van der Waals surface area (Å²) in [5.41, 5.74) is 3.36. The van der Waals surface area contributed by atoms with Gasteiger partial charge in [0.15, 0.2) is 11.5 Å². The van der Waals surface area contributed by atoms with Crippen LogP contribution < -0.4 is 19.3 Å². The maximum absolute atomic E-state index is 14.4. The summed E-state index contributed by atoms with van der Waals surface area (Å²) in [5, 5.41) is 0. The Morgan fingerprint density at radius 3 is 2.40 bits per heavy atom. The van der Waals surface area contributed by atoms with Crippen LogP contribution in [0, 0.1) is 5.82 Å². The Labute approximate surface area is 244 Å². The van der Waals surface area contributed by atoms with Crippen LogP contribution in [0.1, 0.15) is 21.5 Å². The Morgan fingerprint density at radius 2 is 1.64 bits per heavy atom. The van der Waals surface area contributed by atoms with Gasteiger partial charge in [0.2, 0.25) is 0 Å². The Kier molecular flexibility index (Phi) is 7.60. The molecule has 4 aromatic rings. The first-order chi connectivity index (χ1) is 20.5. The number of rotatable bonds is 6. The van der Waals surface area contributed by atoms with Gasteiger partial charge in [-0.2, -0.15) is 0 Å². The molecule has 4 aromatic carbocycles. The molecule has 2 amide bonds. The van der Waals surface area contributed by atoms with Crippen molar-refractivity contribution in [2.45, 2.75) is 6.54 Å². The van der Waals surface area contributed by atoms with Crippen molar-refractivity contribution >= 4 is 29.3 Å². The lowest BCUT2D eigenvalue weighted by molar-refractivity contribution is -0.117. The van der Waals surface area contributed by atoms with E-state index >= 15 is 0 Å². The van der Waals surface area contributed by atoms with Gasteiger partial charge in [0.1, 0.15) is 11.6 Å². The summed E-state index contributed by atoms with van der Waals surface area (Å²) in [4.78, 5) is 32.4. The standard InChI is InChI=1S/C34H30FN3O4/c1-41-28-9-6-8-27(22-28)36-17-19-37(20-18-36)33(39)25-15-13-24(14-16-25)21-32-34(40)38(23-26-7-2-3-10-29(26)35)30-11-4-5-12-31(30)42-32/h2-16,21-22H,17-20,23H2,1H3/b32-21-. The van der Waals surface area contributed by atoms with E-state index in [4.69, 9.17) is 9.47 Å². The number of hydrogen-bond acceptors (Lipinski definition) is 5. The molecule has 1 fully saturated rings. The van der Waals surface area contributed by atoms with Gasteiger partial charge in [-0.3, -0.25) is 14.5 Å². The summed E-state index contributed by atoms with van der Waals surface area (Å²) in [6.45, 7) is 2.76. The van der Waals surface area contributed by atoms with Gasteiger partial charge in [0.25, 0.3) is 11.8 Å². The topological polar surface area (TPSA) is 62.3 Å². The molecule has 0 aliphatic carbocycles. The van der Waals surface area contributed by atoms with Gasteiger partial charge in [-0.25, -0.2) is 4.39 Å². The minimum atomic E-state index is -0.373. The fourth-order valence-electron chi connectivity index (χ4n) is 5.25. The van der Waals surface area contributed by atoms with Crippen molar-refractivity contribution < 1.29 is 23.5 Å². The van der Waals surface area contributed by atoms with E-state index in [1.165, 1.54) is 11.0 Å². The fraction of sp³-hybridized carbons (Fsp3) is 0.176. The summed E-state index contributed by atoms with van der Waals surface area (Å²) in [6.07, 6.45) is 1.65. The second-order valence-electron chi connectivity index (χ2n) is 10.2. The number of nitrogens with zero attached hydrogens (tertiary/aromatic N) is 3. The molecular weight excluding hydrogens is 533 g/mol. The zero-order valence-electron chi connectivity index (χ0n) is 23.2. The van der Waals surface area contributed by atoms with Crippen molar-refractivity contribution in [3.05, 3.63) is 125 Å². The molecule has 0 aromatic heterocycles. The lowest BCUT2D eigenvalue weighted by atomic mass is 10.1. The molecule has 42 heavy (non-hydrogen) atoms. The minimum Gasteiger partial charge on any atom is -0.497 e. The first-order valence-corrected chi connectivity index (χ1v) is 13.8. The number of benzene rings is 4. The molecule has 0 radical (unpaired) electrons. The number of methoxy groups -OCH3 is 1. The number of para-hydroxylation sites is 2. The highest BCUT2D eigenvalue weighted by Crippen LogP contribution is 2.36. The number of piperazine rings is 1. The van der Waals surface area contributed by atoms with Crippen LogP contribution in [0.25, 0.3) is 6.08 Å². The summed E-state index contributed by atoms with van der Waals surface area (Å²) >= 11 is 0. The van der Waals surface area contributed by atoms with Crippen molar-refractivity contribution in [2.24, 2.45) is 0 Å². The van der Waals surface area contributed by atoms with E-state index in [2.05, 4.69) is 4.90 Å². The number of carbonyl (C=O) groups excluding carboxylic acids is 2. The van der Waals surface area contributed by atoms with Crippen LogP contribution in [0.2, 0.25) is 0 Å². The van der Waals surface area contributed by atoms with E-state index in [1.54, 1.807) is 67.8 Å². The number of ether oxygens (including phenoxy) is 2. The van der Waals surface area contributed by atoms with Crippen LogP contribution in [-0.4, -0.2) is 50.0 Å². The Balaban J connectivity index is 1.15. The molecule has 2 heterocycles. The Morgan fingerprint density at radius 1 is 0.905 bits per heavy atom. The molecule has 2 aliphatic heterocycles. The van der Waals surface area contributed by atoms with Gasteiger partial charge in [0.05, 0.1) is 19.3 Å². The van der Waals surface area contributed by atoms with Crippen LogP contribution >= 0.6 is 0 Å². The number of amides is 2. The molecule has 0 spiro atoms. The Bertz CT molecular complexity index is 1640. The third kappa shape index (κ3) is 5.56. The minimum absolute atomic E-state index is 0.0329. The quantitative estimate of drug-likeness (QED) is 0.279. The second kappa shape index (κ2) is 11.8. The maximum atomic E-state index is 14.4. The first kappa shape index (κ1) is 27.1. The third-order valence-electron chi connectivity index (χ3n) is 7.56. The highest BCUT2D eigenvalue weighted by atomic mass is 19.1. The van der Waals surface area contributed by atoms with Crippen LogP contribution in [0.15, 0.2) is 103 Å².